The first-order valence-corrected chi connectivity index (χ1v) is 6.42. The summed E-state index contributed by atoms with van der Waals surface area (Å²) in [4.78, 5) is 2.39. The normalized spacial score (nSPS) is 22.7. The van der Waals surface area contributed by atoms with Crippen LogP contribution in [0.3, 0.4) is 0 Å². The van der Waals surface area contributed by atoms with E-state index >= 15 is 0 Å². The minimum Gasteiger partial charge on any atom is -0.497 e. The second-order valence-electron chi connectivity index (χ2n) is 4.80. The van der Waals surface area contributed by atoms with Crippen molar-refractivity contribution in [1.82, 2.24) is 4.90 Å². The van der Waals surface area contributed by atoms with Gasteiger partial charge in [0.2, 0.25) is 0 Å². The minimum absolute atomic E-state index is 0.0384. The topological polar surface area (TPSA) is 47.7 Å². The molecule has 1 heterocycles. The smallest absolute Gasteiger partial charge is 0.118 e. The Morgan fingerprint density at radius 1 is 1.44 bits per heavy atom. The zero-order chi connectivity index (χ0) is 13.0. The van der Waals surface area contributed by atoms with Crippen LogP contribution in [-0.2, 0) is 4.74 Å². The molecule has 2 N–H and O–H groups in total. The van der Waals surface area contributed by atoms with Gasteiger partial charge in [0, 0.05) is 25.2 Å². The summed E-state index contributed by atoms with van der Waals surface area (Å²) >= 11 is 0. The lowest BCUT2D eigenvalue weighted by atomic mass is 10.1. The molecular weight excluding hydrogens is 228 g/mol. The van der Waals surface area contributed by atoms with Gasteiger partial charge >= 0.3 is 0 Å². The van der Waals surface area contributed by atoms with E-state index in [1.54, 1.807) is 7.11 Å². The zero-order valence-corrected chi connectivity index (χ0v) is 11.1. The van der Waals surface area contributed by atoms with E-state index in [9.17, 15) is 0 Å². The SMILES string of the molecule is COc1ccc(C(N)CN2CCOCC2C)cc1. The summed E-state index contributed by atoms with van der Waals surface area (Å²) in [6.45, 7) is 5.62. The number of nitrogens with two attached hydrogens (primary N) is 1. The molecule has 1 saturated heterocycles. The van der Waals surface area contributed by atoms with E-state index in [-0.39, 0.29) is 6.04 Å². The number of ether oxygens (including phenoxy) is 2. The first-order valence-electron chi connectivity index (χ1n) is 6.42. The molecule has 100 valence electrons. The number of hydrogen-bond donors (Lipinski definition) is 1. The van der Waals surface area contributed by atoms with Crippen molar-refractivity contribution < 1.29 is 9.47 Å². The van der Waals surface area contributed by atoms with E-state index in [0.29, 0.717) is 6.04 Å². The molecule has 2 rings (SSSR count). The zero-order valence-electron chi connectivity index (χ0n) is 11.1. The predicted octanol–water partition coefficient (Wildman–Crippen LogP) is 1.42. The van der Waals surface area contributed by atoms with Gasteiger partial charge in [-0.15, -0.1) is 0 Å². The molecule has 0 radical (unpaired) electrons. The van der Waals surface area contributed by atoms with E-state index in [2.05, 4.69) is 11.8 Å². The van der Waals surface area contributed by atoms with Gasteiger partial charge in [-0.1, -0.05) is 12.1 Å². The first kappa shape index (κ1) is 13.3. The molecule has 18 heavy (non-hydrogen) atoms. The lowest BCUT2D eigenvalue weighted by molar-refractivity contribution is -0.00280. The highest BCUT2D eigenvalue weighted by atomic mass is 16.5. The second kappa shape index (κ2) is 6.18. The number of benzene rings is 1. The number of hydrogen-bond acceptors (Lipinski definition) is 4. The van der Waals surface area contributed by atoms with Crippen molar-refractivity contribution in [3.05, 3.63) is 29.8 Å². The average molecular weight is 250 g/mol. The minimum atomic E-state index is 0.0384. The van der Waals surface area contributed by atoms with Gasteiger partial charge in [-0.25, -0.2) is 0 Å². The fourth-order valence-corrected chi connectivity index (χ4v) is 2.24. The Morgan fingerprint density at radius 2 is 2.17 bits per heavy atom. The Morgan fingerprint density at radius 3 is 2.78 bits per heavy atom. The summed E-state index contributed by atoms with van der Waals surface area (Å²) in [7, 11) is 1.67. The monoisotopic (exact) mass is 250 g/mol. The van der Waals surface area contributed by atoms with Crippen molar-refractivity contribution in [1.29, 1.82) is 0 Å². The van der Waals surface area contributed by atoms with Crippen LogP contribution in [0.15, 0.2) is 24.3 Å². The average Bonchev–Trinajstić information content (AvgIpc) is 2.41. The van der Waals surface area contributed by atoms with Crippen LogP contribution in [0.4, 0.5) is 0 Å². The molecule has 0 saturated carbocycles. The van der Waals surface area contributed by atoms with E-state index in [0.717, 1.165) is 37.6 Å². The summed E-state index contributed by atoms with van der Waals surface area (Å²) in [5, 5.41) is 0. The van der Waals surface area contributed by atoms with Crippen molar-refractivity contribution in [2.75, 3.05) is 33.4 Å². The highest BCUT2D eigenvalue weighted by Crippen LogP contribution is 2.18. The van der Waals surface area contributed by atoms with Crippen molar-refractivity contribution in [3.8, 4) is 5.75 Å². The fourth-order valence-electron chi connectivity index (χ4n) is 2.24. The van der Waals surface area contributed by atoms with Crippen LogP contribution in [0.2, 0.25) is 0 Å². The molecule has 1 fully saturated rings. The molecule has 4 heteroatoms. The van der Waals surface area contributed by atoms with Crippen LogP contribution in [0, 0.1) is 0 Å². The van der Waals surface area contributed by atoms with E-state index in [1.165, 1.54) is 0 Å². The first-order chi connectivity index (χ1) is 8.70. The van der Waals surface area contributed by atoms with Gasteiger partial charge in [0.05, 0.1) is 20.3 Å². The molecule has 2 unspecified atom stereocenters. The number of methoxy groups -OCH3 is 1. The van der Waals surface area contributed by atoms with Crippen LogP contribution in [-0.4, -0.2) is 44.4 Å². The van der Waals surface area contributed by atoms with Crippen LogP contribution >= 0.6 is 0 Å². The summed E-state index contributed by atoms with van der Waals surface area (Å²) in [5.41, 5.74) is 7.40. The molecule has 1 aliphatic rings. The largest absolute Gasteiger partial charge is 0.497 e. The van der Waals surface area contributed by atoms with E-state index in [4.69, 9.17) is 15.2 Å². The van der Waals surface area contributed by atoms with Crippen LogP contribution < -0.4 is 10.5 Å². The van der Waals surface area contributed by atoms with Crippen molar-refractivity contribution >= 4 is 0 Å². The molecule has 1 aromatic rings. The standard InChI is InChI=1S/C14H22N2O2/c1-11-10-18-8-7-16(11)9-14(15)12-3-5-13(17-2)6-4-12/h3-6,11,14H,7-10,15H2,1-2H3. The van der Waals surface area contributed by atoms with Crippen LogP contribution in [0.25, 0.3) is 0 Å². The molecule has 0 bridgehead atoms. The maximum absolute atomic E-state index is 6.26. The molecule has 1 aliphatic heterocycles. The highest BCUT2D eigenvalue weighted by Gasteiger charge is 2.21. The molecule has 0 aromatic heterocycles. The van der Waals surface area contributed by atoms with Gasteiger partial charge in [-0.2, -0.15) is 0 Å². The molecule has 4 nitrogen and oxygen atoms in total. The van der Waals surface area contributed by atoms with Crippen LogP contribution in [0.5, 0.6) is 5.75 Å². The Kier molecular flexibility index (Phi) is 4.58. The van der Waals surface area contributed by atoms with Gasteiger partial charge in [0.25, 0.3) is 0 Å². The molecule has 2 atom stereocenters. The molecular formula is C14H22N2O2. The maximum Gasteiger partial charge on any atom is 0.118 e. The van der Waals surface area contributed by atoms with Gasteiger partial charge in [0.15, 0.2) is 0 Å². The Balaban J connectivity index is 1.95. The molecule has 0 aliphatic carbocycles. The van der Waals surface area contributed by atoms with Crippen molar-refractivity contribution in [2.45, 2.75) is 19.0 Å². The highest BCUT2D eigenvalue weighted by molar-refractivity contribution is 5.29. The van der Waals surface area contributed by atoms with Gasteiger partial charge in [0.1, 0.15) is 5.75 Å². The Labute approximate surface area is 109 Å². The number of morpholine rings is 1. The second-order valence-corrected chi connectivity index (χ2v) is 4.80. The Hall–Kier alpha value is -1.10. The number of nitrogens with zero attached hydrogens (tertiary/aromatic N) is 1. The molecule has 0 spiro atoms. The Bertz CT molecular complexity index is 367. The third-order valence-electron chi connectivity index (χ3n) is 3.48. The maximum atomic E-state index is 6.26. The molecule has 1 aromatic carbocycles. The number of rotatable bonds is 4. The van der Waals surface area contributed by atoms with E-state index in [1.807, 2.05) is 24.3 Å². The van der Waals surface area contributed by atoms with Crippen molar-refractivity contribution in [3.63, 3.8) is 0 Å². The van der Waals surface area contributed by atoms with Gasteiger partial charge in [-0.05, 0) is 24.6 Å². The third kappa shape index (κ3) is 3.22. The van der Waals surface area contributed by atoms with Crippen molar-refractivity contribution in [2.24, 2.45) is 5.73 Å². The summed E-state index contributed by atoms with van der Waals surface area (Å²) in [6.07, 6.45) is 0. The summed E-state index contributed by atoms with van der Waals surface area (Å²) in [6, 6.07) is 8.47. The lowest BCUT2D eigenvalue weighted by Gasteiger charge is -2.35. The lowest BCUT2D eigenvalue weighted by Crippen LogP contribution is -2.46. The molecule has 0 amide bonds. The van der Waals surface area contributed by atoms with Gasteiger partial charge in [-0.3, -0.25) is 4.90 Å². The fraction of sp³-hybridized carbons (Fsp3) is 0.571. The summed E-state index contributed by atoms with van der Waals surface area (Å²) in [5.74, 6) is 0.866. The van der Waals surface area contributed by atoms with Gasteiger partial charge < -0.3 is 15.2 Å². The van der Waals surface area contributed by atoms with Crippen LogP contribution in [0.1, 0.15) is 18.5 Å². The summed E-state index contributed by atoms with van der Waals surface area (Å²) < 4.78 is 10.6. The quantitative estimate of drug-likeness (QED) is 0.878. The third-order valence-corrected chi connectivity index (χ3v) is 3.48. The van der Waals surface area contributed by atoms with E-state index < -0.39 is 0 Å². The predicted molar refractivity (Wildman–Crippen MR) is 71.8 cm³/mol.